The van der Waals surface area contributed by atoms with Gasteiger partial charge in [0.15, 0.2) is 0 Å². The van der Waals surface area contributed by atoms with Crippen molar-refractivity contribution in [1.29, 1.82) is 0 Å². The second kappa shape index (κ2) is 4.04. The first-order chi connectivity index (χ1) is 5.34. The van der Waals surface area contributed by atoms with Crippen LogP contribution in [0.15, 0.2) is 30.5 Å². The zero-order chi connectivity index (χ0) is 8.10. The Morgan fingerprint density at radius 3 is 2.73 bits per heavy atom. The molecule has 1 rings (SSSR count). The van der Waals surface area contributed by atoms with E-state index in [-0.39, 0.29) is 0 Å². The van der Waals surface area contributed by atoms with Crippen LogP contribution < -0.4 is 0 Å². The maximum Gasteiger partial charge on any atom is 0.0831 e. The van der Waals surface area contributed by atoms with Crippen molar-refractivity contribution < 1.29 is 4.74 Å². The third-order valence-corrected chi connectivity index (χ3v) is 1.63. The molecular weight excluding hydrogens is 160 g/mol. The van der Waals surface area contributed by atoms with Gasteiger partial charge < -0.3 is 4.74 Å². The van der Waals surface area contributed by atoms with E-state index in [9.17, 15) is 0 Å². The zero-order valence-electron chi connectivity index (χ0n) is 6.25. The number of hydrogen-bond acceptors (Lipinski definition) is 1. The Labute approximate surface area is 71.3 Å². The van der Waals surface area contributed by atoms with Gasteiger partial charge in [0.1, 0.15) is 0 Å². The second-order valence-corrected chi connectivity index (χ2v) is 2.47. The molecule has 1 nitrogen and oxygen atoms in total. The number of ether oxygens (including phenoxy) is 1. The maximum atomic E-state index is 5.85. The number of rotatable bonds is 2. The lowest BCUT2D eigenvalue weighted by Crippen LogP contribution is -1.73. The van der Waals surface area contributed by atoms with Crippen molar-refractivity contribution in [1.82, 2.24) is 0 Å². The van der Waals surface area contributed by atoms with E-state index in [2.05, 4.69) is 0 Å². The van der Waals surface area contributed by atoms with Crippen molar-refractivity contribution in [2.45, 2.75) is 0 Å². The SMILES string of the molecule is COC=Cc1ccccc1Cl. The Hall–Kier alpha value is -0.950. The minimum atomic E-state index is 0.737. The van der Waals surface area contributed by atoms with E-state index in [0.29, 0.717) is 0 Å². The van der Waals surface area contributed by atoms with Crippen LogP contribution in [0.5, 0.6) is 0 Å². The van der Waals surface area contributed by atoms with Crippen LogP contribution in [-0.4, -0.2) is 7.11 Å². The van der Waals surface area contributed by atoms with Gasteiger partial charge in [-0.2, -0.15) is 0 Å². The van der Waals surface area contributed by atoms with Crippen LogP contribution in [0.25, 0.3) is 6.08 Å². The molecule has 0 unspecified atom stereocenters. The van der Waals surface area contributed by atoms with Crippen molar-refractivity contribution in [2.24, 2.45) is 0 Å². The lowest BCUT2D eigenvalue weighted by Gasteiger charge is -1.95. The highest BCUT2D eigenvalue weighted by Crippen LogP contribution is 2.15. The number of methoxy groups -OCH3 is 1. The molecule has 0 fully saturated rings. The Bertz CT molecular complexity index is 255. The summed E-state index contributed by atoms with van der Waals surface area (Å²) < 4.78 is 4.76. The van der Waals surface area contributed by atoms with Gasteiger partial charge >= 0.3 is 0 Å². The van der Waals surface area contributed by atoms with Gasteiger partial charge in [-0.25, -0.2) is 0 Å². The first-order valence-corrected chi connectivity index (χ1v) is 3.66. The van der Waals surface area contributed by atoms with Crippen molar-refractivity contribution >= 4 is 17.7 Å². The quantitative estimate of drug-likeness (QED) is 0.617. The highest BCUT2D eigenvalue weighted by atomic mass is 35.5. The number of hydrogen-bond donors (Lipinski definition) is 0. The first kappa shape index (κ1) is 8.15. The topological polar surface area (TPSA) is 9.23 Å². The van der Waals surface area contributed by atoms with Gasteiger partial charge in [-0.1, -0.05) is 29.8 Å². The van der Waals surface area contributed by atoms with Crippen molar-refractivity contribution in [3.63, 3.8) is 0 Å². The summed E-state index contributed by atoms with van der Waals surface area (Å²) in [5.74, 6) is 0. The molecule has 0 aromatic heterocycles. The third kappa shape index (κ3) is 2.28. The molecule has 0 aliphatic rings. The van der Waals surface area contributed by atoms with Crippen molar-refractivity contribution in [3.8, 4) is 0 Å². The molecule has 0 N–H and O–H groups in total. The summed E-state index contributed by atoms with van der Waals surface area (Å²) in [4.78, 5) is 0. The van der Waals surface area contributed by atoms with Crippen LogP contribution in [-0.2, 0) is 4.74 Å². The van der Waals surface area contributed by atoms with Crippen LogP contribution in [0, 0.1) is 0 Å². The number of benzene rings is 1. The van der Waals surface area contributed by atoms with E-state index in [1.165, 1.54) is 0 Å². The monoisotopic (exact) mass is 168 g/mol. The highest BCUT2D eigenvalue weighted by Gasteiger charge is 1.91. The van der Waals surface area contributed by atoms with E-state index in [1.54, 1.807) is 13.4 Å². The smallest absolute Gasteiger partial charge is 0.0831 e. The molecule has 2 heteroatoms. The average molecular weight is 169 g/mol. The summed E-state index contributed by atoms with van der Waals surface area (Å²) in [6.45, 7) is 0. The lowest BCUT2D eigenvalue weighted by molar-refractivity contribution is 0.341. The second-order valence-electron chi connectivity index (χ2n) is 2.06. The van der Waals surface area contributed by atoms with Gasteiger partial charge in [0, 0.05) is 5.02 Å². The summed E-state index contributed by atoms with van der Waals surface area (Å²) in [7, 11) is 1.60. The standard InChI is InChI=1S/C9H9ClO/c1-11-7-6-8-4-2-3-5-9(8)10/h2-7H,1H3. The molecule has 58 valence electrons. The van der Waals surface area contributed by atoms with Gasteiger partial charge in [0.25, 0.3) is 0 Å². The lowest BCUT2D eigenvalue weighted by atomic mass is 10.2. The fraction of sp³-hybridized carbons (Fsp3) is 0.111. The summed E-state index contributed by atoms with van der Waals surface area (Å²) in [5, 5.41) is 0.737. The Balaban J connectivity index is 2.86. The summed E-state index contributed by atoms with van der Waals surface area (Å²) in [6.07, 6.45) is 3.42. The van der Waals surface area contributed by atoms with Gasteiger partial charge in [0.2, 0.25) is 0 Å². The van der Waals surface area contributed by atoms with Gasteiger partial charge in [-0.05, 0) is 17.7 Å². The molecule has 0 radical (unpaired) electrons. The fourth-order valence-corrected chi connectivity index (χ4v) is 0.950. The normalized spacial score (nSPS) is 10.4. The molecule has 0 bridgehead atoms. The van der Waals surface area contributed by atoms with Gasteiger partial charge in [-0.15, -0.1) is 0 Å². The number of halogens is 1. The summed E-state index contributed by atoms with van der Waals surface area (Å²) in [5.41, 5.74) is 0.969. The van der Waals surface area contributed by atoms with E-state index >= 15 is 0 Å². The molecule has 1 aromatic carbocycles. The van der Waals surface area contributed by atoms with Crippen LogP contribution >= 0.6 is 11.6 Å². The van der Waals surface area contributed by atoms with Crippen molar-refractivity contribution in [2.75, 3.05) is 7.11 Å². The predicted octanol–water partition coefficient (Wildman–Crippen LogP) is 2.96. The van der Waals surface area contributed by atoms with Crippen LogP contribution in [0.3, 0.4) is 0 Å². The van der Waals surface area contributed by atoms with E-state index in [1.807, 2.05) is 30.3 Å². The van der Waals surface area contributed by atoms with E-state index < -0.39 is 0 Å². The van der Waals surface area contributed by atoms with Gasteiger partial charge in [0.05, 0.1) is 13.4 Å². The van der Waals surface area contributed by atoms with E-state index in [4.69, 9.17) is 16.3 Å². The highest BCUT2D eigenvalue weighted by molar-refractivity contribution is 6.32. The molecule has 1 aromatic rings. The van der Waals surface area contributed by atoms with Crippen LogP contribution in [0.2, 0.25) is 5.02 Å². The van der Waals surface area contributed by atoms with Crippen LogP contribution in [0.4, 0.5) is 0 Å². The molecule has 0 spiro atoms. The Kier molecular flexibility index (Phi) is 2.99. The molecule has 0 saturated carbocycles. The minimum Gasteiger partial charge on any atom is -0.504 e. The fourth-order valence-electron chi connectivity index (χ4n) is 0.752. The molecule has 0 saturated heterocycles. The maximum absolute atomic E-state index is 5.85. The van der Waals surface area contributed by atoms with Crippen molar-refractivity contribution in [3.05, 3.63) is 41.1 Å². The molecule has 0 atom stereocenters. The van der Waals surface area contributed by atoms with Crippen LogP contribution in [0.1, 0.15) is 5.56 Å². The molecule has 0 heterocycles. The largest absolute Gasteiger partial charge is 0.504 e. The minimum absolute atomic E-state index is 0.737. The van der Waals surface area contributed by atoms with E-state index in [0.717, 1.165) is 10.6 Å². The zero-order valence-corrected chi connectivity index (χ0v) is 7.01. The summed E-state index contributed by atoms with van der Waals surface area (Å²) in [6, 6.07) is 7.60. The molecule has 0 aliphatic carbocycles. The molecule has 11 heavy (non-hydrogen) atoms. The third-order valence-electron chi connectivity index (χ3n) is 1.29. The molecule has 0 amide bonds. The predicted molar refractivity (Wildman–Crippen MR) is 47.5 cm³/mol. The molecular formula is C9H9ClO. The first-order valence-electron chi connectivity index (χ1n) is 3.28. The Morgan fingerprint density at radius 1 is 1.36 bits per heavy atom. The Morgan fingerprint density at radius 2 is 2.09 bits per heavy atom. The van der Waals surface area contributed by atoms with Gasteiger partial charge in [-0.3, -0.25) is 0 Å². The molecule has 0 aliphatic heterocycles. The summed E-state index contributed by atoms with van der Waals surface area (Å²) >= 11 is 5.85. The average Bonchev–Trinajstić information content (AvgIpc) is 2.03.